The van der Waals surface area contributed by atoms with Gasteiger partial charge in [-0.05, 0) is 30.9 Å². The van der Waals surface area contributed by atoms with E-state index >= 15 is 0 Å². The van der Waals surface area contributed by atoms with Crippen LogP contribution in [0.2, 0.25) is 0 Å². The van der Waals surface area contributed by atoms with E-state index in [2.05, 4.69) is 23.7 Å². The highest BCUT2D eigenvalue weighted by Gasteiger charge is 2.31. The first kappa shape index (κ1) is 11.9. The third-order valence-electron chi connectivity index (χ3n) is 3.22. The molecule has 1 saturated heterocycles. The largest absolute Gasteiger partial charge is 0.478 e. The van der Waals surface area contributed by atoms with Crippen molar-refractivity contribution in [3.05, 3.63) is 23.4 Å². The van der Waals surface area contributed by atoms with E-state index in [0.717, 1.165) is 25.2 Å². The molecule has 0 aliphatic carbocycles. The van der Waals surface area contributed by atoms with Gasteiger partial charge in [0.25, 0.3) is 0 Å². The van der Waals surface area contributed by atoms with Gasteiger partial charge in [0.15, 0.2) is 0 Å². The van der Waals surface area contributed by atoms with E-state index < -0.39 is 5.97 Å². The Kier molecular flexibility index (Phi) is 2.81. The molecule has 1 fully saturated rings. The summed E-state index contributed by atoms with van der Waals surface area (Å²) < 4.78 is 0. The van der Waals surface area contributed by atoms with Crippen LogP contribution in [0.1, 0.15) is 36.3 Å². The minimum Gasteiger partial charge on any atom is -0.478 e. The van der Waals surface area contributed by atoms with Crippen molar-refractivity contribution in [1.82, 2.24) is 4.98 Å². The summed E-state index contributed by atoms with van der Waals surface area (Å²) in [4.78, 5) is 17.7. The zero-order chi connectivity index (χ0) is 12.6. The maximum atomic E-state index is 11.2. The van der Waals surface area contributed by atoms with Crippen molar-refractivity contribution in [1.29, 1.82) is 0 Å². The van der Waals surface area contributed by atoms with Gasteiger partial charge in [-0.25, -0.2) is 9.78 Å². The number of carboxylic acid groups (broad SMARTS) is 1. The predicted molar refractivity (Wildman–Crippen MR) is 66.5 cm³/mol. The summed E-state index contributed by atoms with van der Waals surface area (Å²) in [6, 6.07) is 3.39. The lowest BCUT2D eigenvalue weighted by Gasteiger charge is -2.22. The van der Waals surface area contributed by atoms with Gasteiger partial charge in [-0.2, -0.15) is 0 Å². The molecule has 0 aromatic carbocycles. The Morgan fingerprint density at radius 1 is 1.47 bits per heavy atom. The molecule has 4 heteroatoms. The van der Waals surface area contributed by atoms with Gasteiger partial charge in [-0.15, -0.1) is 0 Å². The third-order valence-corrected chi connectivity index (χ3v) is 3.22. The van der Waals surface area contributed by atoms with E-state index in [1.807, 2.05) is 6.92 Å². The average Bonchev–Trinajstić information content (AvgIpc) is 2.58. The molecule has 0 radical (unpaired) electrons. The van der Waals surface area contributed by atoms with E-state index in [-0.39, 0.29) is 5.41 Å². The molecule has 1 N–H and O–H groups in total. The molecule has 1 aliphatic heterocycles. The van der Waals surface area contributed by atoms with E-state index in [4.69, 9.17) is 0 Å². The van der Waals surface area contributed by atoms with Crippen LogP contribution in [-0.2, 0) is 0 Å². The number of anilines is 1. The van der Waals surface area contributed by atoms with Crippen LogP contribution in [0.25, 0.3) is 0 Å². The summed E-state index contributed by atoms with van der Waals surface area (Å²) in [6.45, 7) is 8.02. The fourth-order valence-corrected chi connectivity index (χ4v) is 2.24. The second-order valence-electron chi connectivity index (χ2n) is 5.46. The lowest BCUT2D eigenvalue weighted by molar-refractivity contribution is 0.0697. The van der Waals surface area contributed by atoms with Gasteiger partial charge in [0.05, 0.1) is 0 Å². The molecular weight excluding hydrogens is 216 g/mol. The number of pyridine rings is 1. The second kappa shape index (κ2) is 4.02. The van der Waals surface area contributed by atoms with E-state index in [1.165, 1.54) is 0 Å². The van der Waals surface area contributed by atoms with Gasteiger partial charge in [-0.1, -0.05) is 13.8 Å². The number of aryl methyl sites for hydroxylation is 1. The molecule has 1 aromatic rings. The van der Waals surface area contributed by atoms with Crippen molar-refractivity contribution in [3.63, 3.8) is 0 Å². The Morgan fingerprint density at radius 3 is 2.71 bits per heavy atom. The molecule has 0 atom stereocenters. The highest BCUT2D eigenvalue weighted by atomic mass is 16.4. The molecule has 17 heavy (non-hydrogen) atoms. The van der Waals surface area contributed by atoms with Crippen molar-refractivity contribution in [2.75, 3.05) is 18.0 Å². The van der Waals surface area contributed by atoms with Crippen LogP contribution in [0.4, 0.5) is 5.82 Å². The molecule has 1 aliphatic rings. The van der Waals surface area contributed by atoms with Crippen molar-refractivity contribution < 1.29 is 9.90 Å². The molecule has 2 rings (SSSR count). The Morgan fingerprint density at radius 2 is 2.18 bits per heavy atom. The van der Waals surface area contributed by atoms with E-state index in [9.17, 15) is 9.90 Å². The number of aromatic carboxylic acids is 1. The Labute approximate surface area is 101 Å². The molecule has 4 nitrogen and oxygen atoms in total. The van der Waals surface area contributed by atoms with Crippen LogP contribution in [0, 0.1) is 12.3 Å². The fraction of sp³-hybridized carbons (Fsp3) is 0.538. The second-order valence-corrected chi connectivity index (χ2v) is 5.46. The standard InChI is InChI=1S/C13H18N2O2/c1-9-4-5-10(12(16)17)11(14-9)15-7-6-13(2,3)8-15/h4-5H,6-8H2,1-3H3,(H,16,17). The molecule has 0 spiro atoms. The van der Waals surface area contributed by atoms with Crippen LogP contribution >= 0.6 is 0 Å². The molecule has 0 unspecified atom stereocenters. The summed E-state index contributed by atoms with van der Waals surface area (Å²) in [5, 5.41) is 9.18. The van der Waals surface area contributed by atoms with Crippen LogP contribution < -0.4 is 4.90 Å². The molecule has 2 heterocycles. The Hall–Kier alpha value is -1.58. The monoisotopic (exact) mass is 234 g/mol. The van der Waals surface area contributed by atoms with Gasteiger partial charge in [0.2, 0.25) is 0 Å². The predicted octanol–water partition coefficient (Wildman–Crippen LogP) is 2.32. The maximum absolute atomic E-state index is 11.2. The van der Waals surface area contributed by atoms with Crippen LogP contribution in [0.3, 0.4) is 0 Å². The number of carbonyl (C=O) groups is 1. The van der Waals surface area contributed by atoms with Crippen LogP contribution in [0.5, 0.6) is 0 Å². The molecule has 92 valence electrons. The highest BCUT2D eigenvalue weighted by molar-refractivity contribution is 5.93. The number of nitrogens with zero attached hydrogens (tertiary/aromatic N) is 2. The quantitative estimate of drug-likeness (QED) is 0.853. The summed E-state index contributed by atoms with van der Waals surface area (Å²) >= 11 is 0. The summed E-state index contributed by atoms with van der Waals surface area (Å²) in [6.07, 6.45) is 1.07. The van der Waals surface area contributed by atoms with Crippen molar-refractivity contribution >= 4 is 11.8 Å². The molecule has 0 amide bonds. The van der Waals surface area contributed by atoms with Gasteiger partial charge < -0.3 is 10.0 Å². The Balaban J connectivity index is 2.38. The van der Waals surface area contributed by atoms with Gasteiger partial charge in [-0.3, -0.25) is 0 Å². The molecule has 1 aromatic heterocycles. The fourth-order valence-electron chi connectivity index (χ4n) is 2.24. The topological polar surface area (TPSA) is 53.4 Å². The van der Waals surface area contributed by atoms with Crippen molar-refractivity contribution in [3.8, 4) is 0 Å². The lowest BCUT2D eigenvalue weighted by atomic mass is 9.93. The minimum absolute atomic E-state index is 0.237. The Bertz CT molecular complexity index is 455. The van der Waals surface area contributed by atoms with Gasteiger partial charge in [0, 0.05) is 18.8 Å². The molecular formula is C13H18N2O2. The number of hydrogen-bond acceptors (Lipinski definition) is 3. The number of carboxylic acids is 1. The summed E-state index contributed by atoms with van der Waals surface area (Å²) in [5.41, 5.74) is 1.39. The lowest BCUT2D eigenvalue weighted by Crippen LogP contribution is -2.25. The normalized spacial score (nSPS) is 18.4. The summed E-state index contributed by atoms with van der Waals surface area (Å²) in [7, 11) is 0. The van der Waals surface area contributed by atoms with Gasteiger partial charge >= 0.3 is 5.97 Å². The van der Waals surface area contributed by atoms with E-state index in [0.29, 0.717) is 11.4 Å². The third kappa shape index (κ3) is 2.40. The SMILES string of the molecule is Cc1ccc(C(=O)O)c(N2CCC(C)(C)C2)n1. The minimum atomic E-state index is -0.905. The van der Waals surface area contributed by atoms with Crippen LogP contribution in [-0.4, -0.2) is 29.1 Å². The van der Waals surface area contributed by atoms with Crippen LogP contribution in [0.15, 0.2) is 12.1 Å². The first-order valence-corrected chi connectivity index (χ1v) is 5.85. The zero-order valence-corrected chi connectivity index (χ0v) is 10.5. The summed E-state index contributed by atoms with van der Waals surface area (Å²) in [5.74, 6) is -0.291. The number of hydrogen-bond donors (Lipinski definition) is 1. The highest BCUT2D eigenvalue weighted by Crippen LogP contribution is 2.33. The molecule has 0 saturated carbocycles. The number of aromatic nitrogens is 1. The first-order valence-electron chi connectivity index (χ1n) is 5.85. The van der Waals surface area contributed by atoms with Crippen molar-refractivity contribution in [2.45, 2.75) is 27.2 Å². The van der Waals surface area contributed by atoms with E-state index in [1.54, 1.807) is 12.1 Å². The van der Waals surface area contributed by atoms with Gasteiger partial charge in [0.1, 0.15) is 11.4 Å². The molecule has 0 bridgehead atoms. The maximum Gasteiger partial charge on any atom is 0.339 e. The van der Waals surface area contributed by atoms with Crippen molar-refractivity contribution in [2.24, 2.45) is 5.41 Å². The zero-order valence-electron chi connectivity index (χ0n) is 10.5. The smallest absolute Gasteiger partial charge is 0.339 e. The average molecular weight is 234 g/mol. The first-order chi connectivity index (χ1) is 7.89. The number of rotatable bonds is 2.